The fourth-order valence-electron chi connectivity index (χ4n) is 3.44. The number of fused-ring (bicyclic) bond motifs is 1. The van der Waals surface area contributed by atoms with Crippen molar-refractivity contribution in [1.82, 2.24) is 0 Å². The van der Waals surface area contributed by atoms with Crippen LogP contribution >= 0.6 is 0 Å². The van der Waals surface area contributed by atoms with E-state index in [1.54, 1.807) is 24.3 Å². The Morgan fingerprint density at radius 2 is 1.58 bits per heavy atom. The lowest BCUT2D eigenvalue weighted by atomic mass is 9.86. The standard InChI is InChI=1S/C19H18F2O3/c1-8-9(2)16(21)13(10(3)15(8)20)19(24)14-17(22)11-6-4-5-7-12(11)18(14)23/h4-7,14,17,19,22,24H,1-3H3. The molecule has 3 atom stereocenters. The van der Waals surface area contributed by atoms with Crippen LogP contribution in [0.15, 0.2) is 24.3 Å². The number of aliphatic hydroxyl groups excluding tert-OH is 2. The minimum absolute atomic E-state index is 0.0425. The quantitative estimate of drug-likeness (QED) is 0.885. The summed E-state index contributed by atoms with van der Waals surface area (Å²) >= 11 is 0. The third-order valence-corrected chi connectivity index (χ3v) is 5.01. The molecule has 5 heteroatoms. The predicted molar refractivity (Wildman–Crippen MR) is 84.8 cm³/mol. The summed E-state index contributed by atoms with van der Waals surface area (Å²) in [7, 11) is 0. The van der Waals surface area contributed by atoms with Gasteiger partial charge < -0.3 is 10.2 Å². The van der Waals surface area contributed by atoms with Crippen molar-refractivity contribution in [2.24, 2.45) is 5.92 Å². The fraction of sp³-hybridized carbons (Fsp3) is 0.316. The van der Waals surface area contributed by atoms with Gasteiger partial charge in [-0.3, -0.25) is 4.79 Å². The smallest absolute Gasteiger partial charge is 0.172 e. The van der Waals surface area contributed by atoms with Gasteiger partial charge in [0.1, 0.15) is 11.6 Å². The molecule has 1 aliphatic carbocycles. The fourth-order valence-corrected chi connectivity index (χ4v) is 3.44. The summed E-state index contributed by atoms with van der Waals surface area (Å²) in [4.78, 5) is 12.5. The van der Waals surface area contributed by atoms with E-state index in [1.165, 1.54) is 20.8 Å². The Hall–Kier alpha value is -2.11. The van der Waals surface area contributed by atoms with Gasteiger partial charge in [0.25, 0.3) is 0 Å². The Morgan fingerprint density at radius 3 is 2.21 bits per heavy atom. The Balaban J connectivity index is 2.12. The van der Waals surface area contributed by atoms with Gasteiger partial charge in [0.15, 0.2) is 5.78 Å². The van der Waals surface area contributed by atoms with Crippen LogP contribution in [0.25, 0.3) is 0 Å². The van der Waals surface area contributed by atoms with Gasteiger partial charge in [-0.05, 0) is 43.0 Å². The van der Waals surface area contributed by atoms with Crippen molar-refractivity contribution in [1.29, 1.82) is 0 Å². The average molecular weight is 332 g/mol. The van der Waals surface area contributed by atoms with E-state index in [0.29, 0.717) is 11.1 Å². The van der Waals surface area contributed by atoms with Gasteiger partial charge in [-0.15, -0.1) is 0 Å². The topological polar surface area (TPSA) is 57.5 Å². The second-order valence-electron chi connectivity index (χ2n) is 6.28. The summed E-state index contributed by atoms with van der Waals surface area (Å²) < 4.78 is 29.0. The molecule has 2 aromatic carbocycles. The van der Waals surface area contributed by atoms with E-state index >= 15 is 0 Å². The average Bonchev–Trinajstić information content (AvgIpc) is 2.83. The lowest BCUT2D eigenvalue weighted by Gasteiger charge is -2.24. The van der Waals surface area contributed by atoms with Crippen LogP contribution in [0.3, 0.4) is 0 Å². The number of hydrogen-bond acceptors (Lipinski definition) is 3. The molecule has 0 fully saturated rings. The largest absolute Gasteiger partial charge is 0.388 e. The van der Waals surface area contributed by atoms with Gasteiger partial charge in [-0.25, -0.2) is 8.78 Å². The summed E-state index contributed by atoms with van der Waals surface area (Å²) in [6.07, 6.45) is -2.89. The van der Waals surface area contributed by atoms with Crippen LogP contribution in [-0.4, -0.2) is 16.0 Å². The second-order valence-corrected chi connectivity index (χ2v) is 6.28. The number of ketones is 1. The van der Waals surface area contributed by atoms with Crippen LogP contribution in [0.2, 0.25) is 0 Å². The first-order valence-corrected chi connectivity index (χ1v) is 7.71. The summed E-state index contributed by atoms with van der Waals surface area (Å²) in [6.45, 7) is 4.25. The molecular weight excluding hydrogens is 314 g/mol. The predicted octanol–water partition coefficient (Wildman–Crippen LogP) is 3.47. The molecule has 2 aromatic rings. The molecule has 0 amide bonds. The van der Waals surface area contributed by atoms with Crippen molar-refractivity contribution < 1.29 is 23.8 Å². The van der Waals surface area contributed by atoms with E-state index in [-0.39, 0.29) is 22.3 Å². The molecule has 2 N–H and O–H groups in total. The van der Waals surface area contributed by atoms with E-state index in [1.807, 2.05) is 0 Å². The highest BCUT2D eigenvalue weighted by atomic mass is 19.1. The number of halogens is 2. The van der Waals surface area contributed by atoms with Crippen LogP contribution < -0.4 is 0 Å². The highest BCUT2D eigenvalue weighted by Crippen LogP contribution is 2.44. The maximum Gasteiger partial charge on any atom is 0.172 e. The summed E-state index contributed by atoms with van der Waals surface area (Å²) in [5.74, 6) is -3.07. The molecule has 1 aliphatic rings. The Kier molecular flexibility index (Phi) is 4.01. The Labute approximate surface area is 138 Å². The third-order valence-electron chi connectivity index (χ3n) is 5.01. The number of carbonyl (C=O) groups excluding carboxylic acids is 1. The molecule has 126 valence electrons. The van der Waals surface area contributed by atoms with Crippen molar-refractivity contribution >= 4 is 5.78 Å². The number of aliphatic hydroxyl groups is 2. The third kappa shape index (κ3) is 2.19. The van der Waals surface area contributed by atoms with Crippen LogP contribution in [0, 0.1) is 38.3 Å². The lowest BCUT2D eigenvalue weighted by Crippen LogP contribution is -2.24. The first-order chi connectivity index (χ1) is 11.3. The van der Waals surface area contributed by atoms with Gasteiger partial charge in [-0.1, -0.05) is 24.3 Å². The molecule has 0 aliphatic heterocycles. The maximum atomic E-state index is 14.7. The highest BCUT2D eigenvalue weighted by molar-refractivity contribution is 6.03. The number of Topliss-reactive ketones (excluding diaryl/α,β-unsaturated/α-hetero) is 1. The zero-order valence-corrected chi connectivity index (χ0v) is 13.6. The molecule has 0 heterocycles. The molecule has 0 radical (unpaired) electrons. The molecule has 0 saturated heterocycles. The maximum absolute atomic E-state index is 14.7. The van der Waals surface area contributed by atoms with Crippen molar-refractivity contribution in [3.05, 3.63) is 69.3 Å². The van der Waals surface area contributed by atoms with E-state index in [2.05, 4.69) is 0 Å². The molecule has 3 nitrogen and oxygen atoms in total. The molecule has 3 unspecified atom stereocenters. The zero-order valence-electron chi connectivity index (χ0n) is 13.6. The van der Waals surface area contributed by atoms with E-state index < -0.39 is 35.5 Å². The number of carbonyl (C=O) groups is 1. The van der Waals surface area contributed by atoms with Crippen LogP contribution in [0.5, 0.6) is 0 Å². The van der Waals surface area contributed by atoms with Gasteiger partial charge >= 0.3 is 0 Å². The number of benzene rings is 2. The number of hydrogen-bond donors (Lipinski definition) is 2. The van der Waals surface area contributed by atoms with Gasteiger partial charge in [0, 0.05) is 11.1 Å². The SMILES string of the molecule is Cc1c(C)c(F)c(C(O)C2C(=O)c3ccccc3C2O)c(C)c1F. The van der Waals surface area contributed by atoms with Crippen molar-refractivity contribution in [2.45, 2.75) is 33.0 Å². The molecule has 0 saturated carbocycles. The lowest BCUT2D eigenvalue weighted by molar-refractivity contribution is 0.0207. The second kappa shape index (κ2) is 5.76. The molecule has 0 aromatic heterocycles. The molecule has 0 bridgehead atoms. The van der Waals surface area contributed by atoms with E-state index in [9.17, 15) is 23.8 Å². The first-order valence-electron chi connectivity index (χ1n) is 7.71. The normalized spacial score (nSPS) is 21.0. The molecular formula is C19H18F2O3. The minimum Gasteiger partial charge on any atom is -0.388 e. The Bertz CT molecular complexity index is 816. The van der Waals surface area contributed by atoms with Crippen molar-refractivity contribution in [3.63, 3.8) is 0 Å². The zero-order chi connectivity index (χ0) is 17.8. The molecule has 24 heavy (non-hydrogen) atoms. The first kappa shape index (κ1) is 16.7. The van der Waals surface area contributed by atoms with Crippen molar-refractivity contribution in [3.8, 4) is 0 Å². The van der Waals surface area contributed by atoms with Gasteiger partial charge in [-0.2, -0.15) is 0 Å². The summed E-state index contributed by atoms with van der Waals surface area (Å²) in [5.41, 5.74) is 0.650. The Morgan fingerprint density at radius 1 is 1.00 bits per heavy atom. The van der Waals surface area contributed by atoms with Crippen LogP contribution in [0.4, 0.5) is 8.78 Å². The monoisotopic (exact) mass is 332 g/mol. The van der Waals surface area contributed by atoms with Crippen LogP contribution in [-0.2, 0) is 0 Å². The van der Waals surface area contributed by atoms with Crippen LogP contribution in [0.1, 0.15) is 50.4 Å². The van der Waals surface area contributed by atoms with E-state index in [4.69, 9.17) is 0 Å². The number of rotatable bonds is 2. The molecule has 0 spiro atoms. The minimum atomic E-state index is -1.63. The summed E-state index contributed by atoms with van der Waals surface area (Å²) in [6, 6.07) is 6.47. The summed E-state index contributed by atoms with van der Waals surface area (Å²) in [5, 5.41) is 21.1. The van der Waals surface area contributed by atoms with Gasteiger partial charge in [0.05, 0.1) is 18.1 Å². The van der Waals surface area contributed by atoms with E-state index in [0.717, 1.165) is 0 Å². The van der Waals surface area contributed by atoms with Gasteiger partial charge in [0.2, 0.25) is 0 Å². The molecule has 3 rings (SSSR count). The van der Waals surface area contributed by atoms with Crippen molar-refractivity contribution in [2.75, 3.05) is 0 Å². The highest BCUT2D eigenvalue weighted by Gasteiger charge is 2.44.